The van der Waals surface area contributed by atoms with Crippen LogP contribution in [-0.2, 0) is 10.0 Å². The molecule has 0 aliphatic carbocycles. The SMILES string of the molecule is CN(C[C@H](N)c1cccc(F)c1)S(=O)(=O)c1ccc([N+](=O)[O-])cc1. The van der Waals surface area contributed by atoms with Crippen molar-refractivity contribution in [2.45, 2.75) is 10.9 Å². The van der Waals surface area contributed by atoms with Gasteiger partial charge < -0.3 is 5.73 Å². The fourth-order valence-corrected chi connectivity index (χ4v) is 3.33. The fraction of sp³-hybridized carbons (Fsp3) is 0.200. The van der Waals surface area contributed by atoms with Crippen LogP contribution < -0.4 is 5.73 Å². The number of benzene rings is 2. The summed E-state index contributed by atoms with van der Waals surface area (Å²) in [6.45, 7) is -0.0667. The standard InChI is InChI=1S/C15H16FN3O4S/c1-18(10-15(17)11-3-2-4-12(16)9-11)24(22,23)14-7-5-13(6-8-14)19(20)21/h2-9,15H,10,17H2,1H3/t15-/m0/s1. The van der Waals surface area contributed by atoms with Crippen LogP contribution in [0.25, 0.3) is 0 Å². The number of nitro benzene ring substituents is 1. The minimum Gasteiger partial charge on any atom is -0.323 e. The summed E-state index contributed by atoms with van der Waals surface area (Å²) in [4.78, 5) is 9.93. The van der Waals surface area contributed by atoms with E-state index in [1.165, 1.54) is 25.2 Å². The zero-order chi connectivity index (χ0) is 17.9. The van der Waals surface area contributed by atoms with Crippen molar-refractivity contribution in [1.82, 2.24) is 4.31 Å². The van der Waals surface area contributed by atoms with Crippen molar-refractivity contribution in [3.63, 3.8) is 0 Å². The molecule has 0 fully saturated rings. The molecule has 0 saturated heterocycles. The van der Waals surface area contributed by atoms with E-state index in [1.807, 2.05) is 0 Å². The molecule has 7 nitrogen and oxygen atoms in total. The highest BCUT2D eigenvalue weighted by atomic mass is 32.2. The molecule has 2 N–H and O–H groups in total. The van der Waals surface area contributed by atoms with Gasteiger partial charge in [0.2, 0.25) is 10.0 Å². The van der Waals surface area contributed by atoms with Gasteiger partial charge in [0.1, 0.15) is 5.82 Å². The molecule has 1 atom stereocenters. The van der Waals surface area contributed by atoms with E-state index >= 15 is 0 Å². The second-order valence-corrected chi connectivity index (χ2v) is 7.24. The predicted molar refractivity (Wildman–Crippen MR) is 86.2 cm³/mol. The van der Waals surface area contributed by atoms with Gasteiger partial charge in [-0.1, -0.05) is 12.1 Å². The fourth-order valence-electron chi connectivity index (χ4n) is 2.14. The molecule has 0 aliphatic rings. The minimum absolute atomic E-state index is 0.0667. The zero-order valence-corrected chi connectivity index (χ0v) is 13.6. The first-order chi connectivity index (χ1) is 11.2. The molecule has 0 amide bonds. The first-order valence-corrected chi connectivity index (χ1v) is 8.37. The van der Waals surface area contributed by atoms with Gasteiger partial charge in [0.05, 0.1) is 9.82 Å². The number of nitro groups is 1. The smallest absolute Gasteiger partial charge is 0.269 e. The summed E-state index contributed by atoms with van der Waals surface area (Å²) >= 11 is 0. The number of sulfonamides is 1. The van der Waals surface area contributed by atoms with Crippen LogP contribution in [0.2, 0.25) is 0 Å². The molecule has 2 aromatic carbocycles. The van der Waals surface area contributed by atoms with Crippen molar-refractivity contribution in [2.24, 2.45) is 5.73 Å². The van der Waals surface area contributed by atoms with Crippen LogP contribution in [0.3, 0.4) is 0 Å². The van der Waals surface area contributed by atoms with Crippen LogP contribution in [0.1, 0.15) is 11.6 Å². The molecule has 2 rings (SSSR count). The van der Waals surface area contributed by atoms with E-state index in [9.17, 15) is 22.9 Å². The van der Waals surface area contributed by atoms with E-state index in [-0.39, 0.29) is 17.1 Å². The van der Waals surface area contributed by atoms with E-state index in [0.29, 0.717) is 5.56 Å². The number of nitrogens with zero attached hydrogens (tertiary/aromatic N) is 2. The Morgan fingerprint density at radius 3 is 2.42 bits per heavy atom. The molecule has 0 spiro atoms. The first-order valence-electron chi connectivity index (χ1n) is 6.93. The predicted octanol–water partition coefficient (Wildman–Crippen LogP) is 2.05. The van der Waals surface area contributed by atoms with Gasteiger partial charge in [-0.25, -0.2) is 12.8 Å². The molecule has 24 heavy (non-hydrogen) atoms. The minimum atomic E-state index is -3.86. The molecule has 0 heterocycles. The molecule has 0 aromatic heterocycles. The van der Waals surface area contributed by atoms with Crippen molar-refractivity contribution in [3.8, 4) is 0 Å². The summed E-state index contributed by atoms with van der Waals surface area (Å²) < 4.78 is 39.2. The van der Waals surface area contributed by atoms with Crippen LogP contribution in [0.4, 0.5) is 10.1 Å². The second-order valence-electron chi connectivity index (χ2n) is 5.20. The Morgan fingerprint density at radius 2 is 1.88 bits per heavy atom. The number of hydrogen-bond donors (Lipinski definition) is 1. The highest BCUT2D eigenvalue weighted by Crippen LogP contribution is 2.21. The number of non-ortho nitro benzene ring substituents is 1. The van der Waals surface area contributed by atoms with Crippen molar-refractivity contribution >= 4 is 15.7 Å². The highest BCUT2D eigenvalue weighted by molar-refractivity contribution is 7.89. The lowest BCUT2D eigenvalue weighted by Gasteiger charge is -2.21. The molecule has 0 unspecified atom stereocenters. The van der Waals surface area contributed by atoms with Gasteiger partial charge in [0, 0.05) is 31.8 Å². The van der Waals surface area contributed by atoms with Gasteiger partial charge in [0.15, 0.2) is 0 Å². The Balaban J connectivity index is 2.18. The number of halogens is 1. The average molecular weight is 353 g/mol. The van der Waals surface area contributed by atoms with E-state index in [0.717, 1.165) is 28.6 Å². The average Bonchev–Trinajstić information content (AvgIpc) is 2.54. The Morgan fingerprint density at radius 1 is 1.25 bits per heavy atom. The molecule has 128 valence electrons. The van der Waals surface area contributed by atoms with Gasteiger partial charge in [0.25, 0.3) is 5.69 Å². The van der Waals surface area contributed by atoms with Crippen LogP contribution in [0, 0.1) is 15.9 Å². The number of likely N-dealkylation sites (N-methyl/N-ethyl adjacent to an activating group) is 1. The topological polar surface area (TPSA) is 107 Å². The van der Waals surface area contributed by atoms with Crippen molar-refractivity contribution in [2.75, 3.05) is 13.6 Å². The van der Waals surface area contributed by atoms with Crippen LogP contribution in [0.15, 0.2) is 53.4 Å². The van der Waals surface area contributed by atoms with Crippen molar-refractivity contribution < 1.29 is 17.7 Å². The molecule has 0 saturated carbocycles. The Hall–Kier alpha value is -2.36. The number of nitrogens with two attached hydrogens (primary N) is 1. The second kappa shape index (κ2) is 7.04. The van der Waals surface area contributed by atoms with E-state index < -0.39 is 26.8 Å². The number of hydrogen-bond acceptors (Lipinski definition) is 5. The van der Waals surface area contributed by atoms with Crippen LogP contribution >= 0.6 is 0 Å². The molecule has 0 radical (unpaired) electrons. The maximum absolute atomic E-state index is 13.2. The summed E-state index contributed by atoms with van der Waals surface area (Å²) in [5, 5.41) is 10.6. The quantitative estimate of drug-likeness (QED) is 0.632. The Labute approximate surface area is 138 Å². The monoisotopic (exact) mass is 353 g/mol. The summed E-state index contributed by atoms with van der Waals surface area (Å²) in [5.74, 6) is -0.455. The summed E-state index contributed by atoms with van der Waals surface area (Å²) in [7, 11) is -2.51. The largest absolute Gasteiger partial charge is 0.323 e. The third kappa shape index (κ3) is 3.94. The van der Waals surface area contributed by atoms with E-state index in [2.05, 4.69) is 0 Å². The third-order valence-electron chi connectivity index (χ3n) is 3.49. The van der Waals surface area contributed by atoms with Crippen molar-refractivity contribution in [1.29, 1.82) is 0 Å². The van der Waals surface area contributed by atoms with E-state index in [1.54, 1.807) is 6.07 Å². The van der Waals surface area contributed by atoms with Crippen LogP contribution in [0.5, 0.6) is 0 Å². The lowest BCUT2D eigenvalue weighted by Crippen LogP contribution is -2.34. The van der Waals surface area contributed by atoms with Crippen LogP contribution in [-0.4, -0.2) is 31.2 Å². The molecule has 0 bridgehead atoms. The Kier molecular flexibility index (Phi) is 5.27. The van der Waals surface area contributed by atoms with Gasteiger partial charge >= 0.3 is 0 Å². The first kappa shape index (κ1) is 18.0. The Bertz CT molecular complexity index is 840. The maximum Gasteiger partial charge on any atom is 0.269 e. The third-order valence-corrected chi connectivity index (χ3v) is 5.32. The molecule has 2 aromatic rings. The zero-order valence-electron chi connectivity index (χ0n) is 12.8. The van der Waals surface area contributed by atoms with Gasteiger partial charge in [-0.05, 0) is 29.8 Å². The van der Waals surface area contributed by atoms with Gasteiger partial charge in [-0.15, -0.1) is 0 Å². The number of rotatable bonds is 6. The molecular formula is C15H16FN3O4S. The lowest BCUT2D eigenvalue weighted by molar-refractivity contribution is -0.384. The summed E-state index contributed by atoms with van der Waals surface area (Å²) in [6.07, 6.45) is 0. The molecular weight excluding hydrogens is 337 g/mol. The van der Waals surface area contributed by atoms with Gasteiger partial charge in [-0.3, -0.25) is 10.1 Å². The van der Waals surface area contributed by atoms with Gasteiger partial charge in [-0.2, -0.15) is 4.31 Å². The summed E-state index contributed by atoms with van der Waals surface area (Å²) in [5.41, 5.74) is 6.21. The molecule has 9 heteroatoms. The molecule has 0 aliphatic heterocycles. The maximum atomic E-state index is 13.2. The van der Waals surface area contributed by atoms with E-state index in [4.69, 9.17) is 5.73 Å². The van der Waals surface area contributed by atoms with Crippen molar-refractivity contribution in [3.05, 3.63) is 70.0 Å². The normalized spacial score (nSPS) is 13.0. The lowest BCUT2D eigenvalue weighted by atomic mass is 10.1. The summed E-state index contributed by atoms with van der Waals surface area (Å²) in [6, 6.07) is 9.48. The highest BCUT2D eigenvalue weighted by Gasteiger charge is 2.24.